The summed E-state index contributed by atoms with van der Waals surface area (Å²) in [5.41, 5.74) is 2.94. The standard InChI is InChI=1S/C17H24N2O/c1-18-11-5-6-14-15-9-12-13(3-2-4-16(12)20)17(14,10-11)7-8-19-15/h2-4,11,14-15,18-20H,5-10H2,1H3/t11-,14-,15+,17+/m0/s1. The van der Waals surface area contributed by atoms with E-state index < -0.39 is 0 Å². The average molecular weight is 272 g/mol. The van der Waals surface area contributed by atoms with Crippen LogP contribution in [0.5, 0.6) is 5.75 Å². The summed E-state index contributed by atoms with van der Waals surface area (Å²) in [5.74, 6) is 1.25. The number of phenolic OH excluding ortho intramolecular Hbond substituents is 1. The normalized spacial score (nSPS) is 39.0. The number of rotatable bonds is 1. The maximum Gasteiger partial charge on any atom is 0.119 e. The Bertz CT molecular complexity index is 530. The molecule has 1 aliphatic heterocycles. The van der Waals surface area contributed by atoms with Gasteiger partial charge < -0.3 is 15.7 Å². The minimum Gasteiger partial charge on any atom is -0.508 e. The van der Waals surface area contributed by atoms with Crippen LogP contribution in [-0.2, 0) is 11.8 Å². The molecule has 3 heteroatoms. The zero-order valence-corrected chi connectivity index (χ0v) is 12.2. The van der Waals surface area contributed by atoms with Crippen molar-refractivity contribution < 1.29 is 5.11 Å². The summed E-state index contributed by atoms with van der Waals surface area (Å²) in [6.45, 7) is 1.12. The number of phenols is 1. The van der Waals surface area contributed by atoms with Crippen molar-refractivity contribution in [2.45, 2.75) is 49.6 Å². The zero-order chi connectivity index (χ0) is 13.7. The maximum atomic E-state index is 10.3. The second kappa shape index (κ2) is 4.47. The van der Waals surface area contributed by atoms with Gasteiger partial charge in [0.2, 0.25) is 0 Å². The average Bonchev–Trinajstić information content (AvgIpc) is 2.47. The Balaban J connectivity index is 1.87. The third-order valence-corrected chi connectivity index (χ3v) is 6.13. The van der Waals surface area contributed by atoms with E-state index >= 15 is 0 Å². The fraction of sp³-hybridized carbons (Fsp3) is 0.647. The van der Waals surface area contributed by atoms with E-state index in [1.807, 2.05) is 12.1 Å². The molecule has 2 bridgehead atoms. The molecule has 3 nitrogen and oxygen atoms in total. The van der Waals surface area contributed by atoms with Crippen molar-refractivity contribution in [3.63, 3.8) is 0 Å². The van der Waals surface area contributed by atoms with Crippen LogP contribution in [0.25, 0.3) is 0 Å². The molecule has 1 saturated carbocycles. The van der Waals surface area contributed by atoms with E-state index in [0.29, 0.717) is 17.8 Å². The van der Waals surface area contributed by atoms with Gasteiger partial charge >= 0.3 is 0 Å². The van der Waals surface area contributed by atoms with Gasteiger partial charge in [-0.25, -0.2) is 0 Å². The summed E-state index contributed by atoms with van der Waals surface area (Å²) in [5, 5.41) is 17.5. The SMILES string of the molecule is CN[C@H]1CC[C@H]2[C@H]3Cc4c(O)cccc4[C@@]2(CCN3)C1. The Morgan fingerprint density at radius 2 is 2.25 bits per heavy atom. The van der Waals surface area contributed by atoms with Crippen molar-refractivity contribution >= 4 is 0 Å². The quantitative estimate of drug-likeness (QED) is 0.732. The molecule has 0 radical (unpaired) electrons. The lowest BCUT2D eigenvalue weighted by Gasteiger charge is -2.57. The van der Waals surface area contributed by atoms with E-state index in [1.165, 1.54) is 36.8 Å². The van der Waals surface area contributed by atoms with E-state index in [2.05, 4.69) is 23.7 Å². The molecule has 1 aromatic carbocycles. The molecule has 4 rings (SSSR count). The van der Waals surface area contributed by atoms with Crippen LogP contribution in [-0.4, -0.2) is 30.8 Å². The summed E-state index contributed by atoms with van der Waals surface area (Å²) in [6.07, 6.45) is 6.03. The van der Waals surface area contributed by atoms with Crippen LogP contribution in [0.4, 0.5) is 0 Å². The molecule has 1 aromatic rings. The van der Waals surface area contributed by atoms with Crippen LogP contribution < -0.4 is 10.6 Å². The Labute approximate surface area is 120 Å². The molecule has 0 aromatic heterocycles. The lowest BCUT2D eigenvalue weighted by atomic mass is 9.52. The Morgan fingerprint density at radius 3 is 3.10 bits per heavy atom. The second-order valence-corrected chi connectivity index (χ2v) is 6.85. The minimum atomic E-state index is 0.286. The highest BCUT2D eigenvalue weighted by Gasteiger charge is 2.53. The lowest BCUT2D eigenvalue weighted by Crippen LogP contribution is -2.62. The first kappa shape index (κ1) is 12.7. The molecule has 0 amide bonds. The highest BCUT2D eigenvalue weighted by atomic mass is 16.3. The van der Waals surface area contributed by atoms with E-state index in [-0.39, 0.29) is 5.41 Å². The maximum absolute atomic E-state index is 10.3. The van der Waals surface area contributed by atoms with Gasteiger partial charge in [0.15, 0.2) is 0 Å². The van der Waals surface area contributed by atoms with Gasteiger partial charge in [0.05, 0.1) is 0 Å². The third kappa shape index (κ3) is 1.60. The van der Waals surface area contributed by atoms with Crippen molar-refractivity contribution in [1.82, 2.24) is 10.6 Å². The van der Waals surface area contributed by atoms with Gasteiger partial charge in [-0.2, -0.15) is 0 Å². The lowest BCUT2D eigenvalue weighted by molar-refractivity contribution is 0.0637. The van der Waals surface area contributed by atoms with Crippen LogP contribution in [0, 0.1) is 5.92 Å². The smallest absolute Gasteiger partial charge is 0.119 e. The van der Waals surface area contributed by atoms with Gasteiger partial charge in [-0.1, -0.05) is 12.1 Å². The number of piperidine rings is 1. The van der Waals surface area contributed by atoms with Crippen LogP contribution in [0.1, 0.15) is 36.8 Å². The number of hydrogen-bond acceptors (Lipinski definition) is 3. The topological polar surface area (TPSA) is 44.3 Å². The first-order chi connectivity index (χ1) is 9.74. The predicted octanol–water partition coefficient (Wildman–Crippen LogP) is 1.94. The van der Waals surface area contributed by atoms with E-state index in [1.54, 1.807) is 0 Å². The monoisotopic (exact) mass is 272 g/mol. The third-order valence-electron chi connectivity index (χ3n) is 6.13. The summed E-state index contributed by atoms with van der Waals surface area (Å²) < 4.78 is 0. The first-order valence-corrected chi connectivity index (χ1v) is 7.96. The molecule has 2 fully saturated rings. The molecule has 3 N–H and O–H groups in total. The number of fused-ring (bicyclic) bond motifs is 1. The van der Waals surface area contributed by atoms with Gasteiger partial charge in [0.1, 0.15) is 5.75 Å². The zero-order valence-electron chi connectivity index (χ0n) is 12.2. The van der Waals surface area contributed by atoms with E-state index in [4.69, 9.17) is 0 Å². The van der Waals surface area contributed by atoms with Crippen molar-refractivity contribution in [1.29, 1.82) is 0 Å². The molecule has 2 aliphatic carbocycles. The van der Waals surface area contributed by atoms with Crippen molar-refractivity contribution in [2.75, 3.05) is 13.6 Å². The number of hydrogen-bond donors (Lipinski definition) is 3. The summed E-state index contributed by atoms with van der Waals surface area (Å²) in [4.78, 5) is 0. The van der Waals surface area contributed by atoms with E-state index in [9.17, 15) is 5.11 Å². The van der Waals surface area contributed by atoms with Crippen LogP contribution in [0.2, 0.25) is 0 Å². The molecule has 20 heavy (non-hydrogen) atoms. The molecule has 1 saturated heterocycles. The Morgan fingerprint density at radius 1 is 1.35 bits per heavy atom. The molecule has 3 aliphatic rings. The highest BCUT2D eigenvalue weighted by molar-refractivity contribution is 5.48. The number of benzene rings is 1. The molecular formula is C17H24N2O. The highest BCUT2D eigenvalue weighted by Crippen LogP contribution is 2.54. The predicted molar refractivity (Wildman–Crippen MR) is 80.1 cm³/mol. The first-order valence-electron chi connectivity index (χ1n) is 7.96. The van der Waals surface area contributed by atoms with Crippen LogP contribution in [0.3, 0.4) is 0 Å². The van der Waals surface area contributed by atoms with Crippen LogP contribution in [0.15, 0.2) is 18.2 Å². The summed E-state index contributed by atoms with van der Waals surface area (Å²) >= 11 is 0. The molecule has 4 atom stereocenters. The van der Waals surface area contributed by atoms with Gasteiger partial charge in [0, 0.05) is 17.5 Å². The van der Waals surface area contributed by atoms with Gasteiger partial charge in [-0.05, 0) is 68.8 Å². The molecule has 108 valence electrons. The fourth-order valence-corrected chi connectivity index (χ4v) is 5.23. The Kier molecular flexibility index (Phi) is 2.83. The summed E-state index contributed by atoms with van der Waals surface area (Å²) in [7, 11) is 2.09. The van der Waals surface area contributed by atoms with Crippen molar-refractivity contribution in [3.8, 4) is 5.75 Å². The molecule has 1 heterocycles. The molecule has 0 spiro atoms. The van der Waals surface area contributed by atoms with Crippen molar-refractivity contribution in [2.24, 2.45) is 5.92 Å². The summed E-state index contributed by atoms with van der Waals surface area (Å²) in [6, 6.07) is 7.34. The molecular weight excluding hydrogens is 248 g/mol. The van der Waals surface area contributed by atoms with Gasteiger partial charge in [0.25, 0.3) is 0 Å². The number of nitrogens with one attached hydrogen (secondary N) is 2. The Hall–Kier alpha value is -1.06. The largest absolute Gasteiger partial charge is 0.508 e. The van der Waals surface area contributed by atoms with Gasteiger partial charge in [-0.15, -0.1) is 0 Å². The van der Waals surface area contributed by atoms with E-state index in [0.717, 1.165) is 18.9 Å². The second-order valence-electron chi connectivity index (χ2n) is 6.85. The van der Waals surface area contributed by atoms with Crippen LogP contribution >= 0.6 is 0 Å². The molecule has 0 unspecified atom stereocenters. The van der Waals surface area contributed by atoms with Crippen molar-refractivity contribution in [3.05, 3.63) is 29.3 Å². The minimum absolute atomic E-state index is 0.286. The van der Waals surface area contributed by atoms with Gasteiger partial charge in [-0.3, -0.25) is 0 Å². The fourth-order valence-electron chi connectivity index (χ4n) is 5.23. The number of aromatic hydroxyl groups is 1.